The maximum absolute atomic E-state index is 13.2. The smallest absolute Gasteiger partial charge is 0.270 e. The van der Waals surface area contributed by atoms with Crippen LogP contribution < -0.4 is 10.6 Å². The third-order valence-corrected chi connectivity index (χ3v) is 4.07. The van der Waals surface area contributed by atoms with E-state index >= 15 is 0 Å². The van der Waals surface area contributed by atoms with Gasteiger partial charge in [0.25, 0.3) is 5.91 Å². The van der Waals surface area contributed by atoms with Crippen LogP contribution in [0.3, 0.4) is 0 Å². The molecule has 0 spiro atoms. The molecule has 1 atom stereocenters. The van der Waals surface area contributed by atoms with Gasteiger partial charge < -0.3 is 15.4 Å². The summed E-state index contributed by atoms with van der Waals surface area (Å²) in [6, 6.07) is 5.78. The third-order valence-electron chi connectivity index (χ3n) is 3.78. The Bertz CT molecular complexity index is 781. The summed E-state index contributed by atoms with van der Waals surface area (Å²) in [7, 11) is 0. The Balaban J connectivity index is 1.70. The summed E-state index contributed by atoms with van der Waals surface area (Å²) in [6.07, 6.45) is 2.02. The van der Waals surface area contributed by atoms with E-state index in [4.69, 9.17) is 16.3 Å². The fraction of sp³-hybridized carbons (Fsp3) is 0.353. The molecule has 2 aromatic rings. The van der Waals surface area contributed by atoms with Gasteiger partial charge in [0.15, 0.2) is 0 Å². The number of benzene rings is 1. The van der Waals surface area contributed by atoms with Gasteiger partial charge in [-0.2, -0.15) is 0 Å². The molecule has 1 saturated heterocycles. The summed E-state index contributed by atoms with van der Waals surface area (Å²) >= 11 is 5.77. The zero-order valence-corrected chi connectivity index (χ0v) is 14.4. The van der Waals surface area contributed by atoms with Crippen molar-refractivity contribution in [1.82, 2.24) is 15.3 Å². The standard InChI is InChI=1S/C17H18ClFN4O2/c1-10-21-15(17(24)20-9-12-3-2-6-25-12)8-16(22-10)23-11-4-5-14(19)13(18)7-11/h4-5,7-8,12H,2-3,6,9H2,1H3,(H,20,24)(H,21,22,23). The second-order valence-electron chi connectivity index (χ2n) is 5.78. The number of hydrogen-bond donors (Lipinski definition) is 2. The van der Waals surface area contributed by atoms with Crippen molar-refractivity contribution >= 4 is 29.0 Å². The maximum Gasteiger partial charge on any atom is 0.270 e. The average Bonchev–Trinajstić information content (AvgIpc) is 3.09. The number of rotatable bonds is 5. The molecule has 8 heteroatoms. The van der Waals surface area contributed by atoms with Gasteiger partial charge in [-0.05, 0) is 38.0 Å². The molecular formula is C17H18ClFN4O2. The lowest BCUT2D eigenvalue weighted by atomic mass is 10.2. The summed E-state index contributed by atoms with van der Waals surface area (Å²) in [5.74, 6) is 0.0828. The van der Waals surface area contributed by atoms with Gasteiger partial charge >= 0.3 is 0 Å². The number of nitrogens with one attached hydrogen (secondary N) is 2. The first-order valence-electron chi connectivity index (χ1n) is 7.99. The summed E-state index contributed by atoms with van der Waals surface area (Å²) < 4.78 is 18.7. The monoisotopic (exact) mass is 364 g/mol. The molecule has 1 unspecified atom stereocenters. The van der Waals surface area contributed by atoms with Gasteiger partial charge in [0, 0.05) is 24.9 Å². The molecule has 1 aromatic heterocycles. The van der Waals surface area contributed by atoms with E-state index in [0.717, 1.165) is 19.4 Å². The van der Waals surface area contributed by atoms with E-state index in [1.54, 1.807) is 6.92 Å². The van der Waals surface area contributed by atoms with Crippen molar-refractivity contribution in [2.24, 2.45) is 0 Å². The van der Waals surface area contributed by atoms with Crippen LogP contribution in [0.5, 0.6) is 0 Å². The van der Waals surface area contributed by atoms with Crippen molar-refractivity contribution in [3.05, 3.63) is 46.6 Å². The summed E-state index contributed by atoms with van der Waals surface area (Å²) in [5.41, 5.74) is 0.816. The van der Waals surface area contributed by atoms with Crippen molar-refractivity contribution in [2.45, 2.75) is 25.9 Å². The molecule has 2 N–H and O–H groups in total. The van der Waals surface area contributed by atoms with E-state index in [9.17, 15) is 9.18 Å². The molecule has 1 aliphatic rings. The van der Waals surface area contributed by atoms with Crippen molar-refractivity contribution in [1.29, 1.82) is 0 Å². The topological polar surface area (TPSA) is 76.1 Å². The fourth-order valence-corrected chi connectivity index (χ4v) is 2.75. The van der Waals surface area contributed by atoms with Crippen molar-refractivity contribution in [2.75, 3.05) is 18.5 Å². The SMILES string of the molecule is Cc1nc(Nc2ccc(F)c(Cl)c2)cc(C(=O)NCC2CCCO2)n1. The molecular weight excluding hydrogens is 347 g/mol. The Labute approximate surface area is 149 Å². The number of halogens is 2. The number of hydrogen-bond acceptors (Lipinski definition) is 5. The quantitative estimate of drug-likeness (QED) is 0.851. The molecule has 2 heterocycles. The highest BCUT2D eigenvalue weighted by atomic mass is 35.5. The van der Waals surface area contributed by atoms with Gasteiger partial charge in [0.1, 0.15) is 23.2 Å². The van der Waals surface area contributed by atoms with E-state index < -0.39 is 5.82 Å². The molecule has 132 valence electrons. The van der Waals surface area contributed by atoms with Gasteiger partial charge in [0.2, 0.25) is 0 Å². The predicted molar refractivity (Wildman–Crippen MR) is 92.8 cm³/mol. The lowest BCUT2D eigenvalue weighted by molar-refractivity contribution is 0.0853. The summed E-state index contributed by atoms with van der Waals surface area (Å²) in [6.45, 7) is 2.89. The molecule has 6 nitrogen and oxygen atoms in total. The van der Waals surface area contributed by atoms with Crippen LogP contribution in [0.25, 0.3) is 0 Å². The Hall–Kier alpha value is -2.25. The van der Waals surface area contributed by atoms with Gasteiger partial charge in [-0.1, -0.05) is 11.6 Å². The van der Waals surface area contributed by atoms with E-state index in [0.29, 0.717) is 23.9 Å². The number of aryl methyl sites for hydroxylation is 1. The highest BCUT2D eigenvalue weighted by molar-refractivity contribution is 6.31. The molecule has 0 saturated carbocycles. The number of aromatic nitrogens is 2. The van der Waals surface area contributed by atoms with Gasteiger partial charge in [0.05, 0.1) is 11.1 Å². The zero-order valence-electron chi connectivity index (χ0n) is 13.7. The van der Waals surface area contributed by atoms with Crippen LogP contribution in [0.2, 0.25) is 5.02 Å². The zero-order chi connectivity index (χ0) is 17.8. The van der Waals surface area contributed by atoms with E-state index in [1.165, 1.54) is 24.3 Å². The third kappa shape index (κ3) is 4.64. The molecule has 0 radical (unpaired) electrons. The van der Waals surface area contributed by atoms with Crippen molar-refractivity contribution in [3.8, 4) is 0 Å². The summed E-state index contributed by atoms with van der Waals surface area (Å²) in [5, 5.41) is 5.83. The molecule has 25 heavy (non-hydrogen) atoms. The van der Waals surface area contributed by atoms with Crippen LogP contribution in [0.15, 0.2) is 24.3 Å². The minimum Gasteiger partial charge on any atom is -0.376 e. The molecule has 1 aromatic carbocycles. The molecule has 1 amide bonds. The highest BCUT2D eigenvalue weighted by Gasteiger charge is 2.18. The van der Waals surface area contributed by atoms with E-state index in [1.807, 2.05) is 0 Å². The number of nitrogens with zero attached hydrogens (tertiary/aromatic N) is 2. The van der Waals surface area contributed by atoms with E-state index in [-0.39, 0.29) is 22.7 Å². The van der Waals surface area contributed by atoms with Crippen LogP contribution >= 0.6 is 11.6 Å². The lowest BCUT2D eigenvalue weighted by Crippen LogP contribution is -2.32. The number of ether oxygens (including phenoxy) is 1. The van der Waals surface area contributed by atoms with Gasteiger partial charge in [-0.25, -0.2) is 14.4 Å². The number of carbonyl (C=O) groups excluding carboxylic acids is 1. The average molecular weight is 365 g/mol. The van der Waals surface area contributed by atoms with E-state index in [2.05, 4.69) is 20.6 Å². The fourth-order valence-electron chi connectivity index (χ4n) is 2.57. The van der Waals surface area contributed by atoms with Crippen LogP contribution in [-0.2, 0) is 4.74 Å². The van der Waals surface area contributed by atoms with Crippen molar-refractivity contribution in [3.63, 3.8) is 0 Å². The van der Waals surface area contributed by atoms with Crippen LogP contribution in [0.1, 0.15) is 29.2 Å². The lowest BCUT2D eigenvalue weighted by Gasteiger charge is -2.12. The Kier molecular flexibility index (Phi) is 5.45. The number of amides is 1. The molecule has 1 fully saturated rings. The minimum absolute atomic E-state index is 0.00491. The first-order chi connectivity index (χ1) is 12.0. The Morgan fingerprint density at radius 2 is 2.24 bits per heavy atom. The maximum atomic E-state index is 13.2. The molecule has 1 aliphatic heterocycles. The second kappa shape index (κ2) is 7.76. The molecule has 0 bridgehead atoms. The first-order valence-corrected chi connectivity index (χ1v) is 8.36. The first kappa shape index (κ1) is 17.6. The Morgan fingerprint density at radius 3 is 2.96 bits per heavy atom. The number of carbonyl (C=O) groups is 1. The Morgan fingerprint density at radius 1 is 1.40 bits per heavy atom. The van der Waals surface area contributed by atoms with Crippen LogP contribution in [0, 0.1) is 12.7 Å². The largest absolute Gasteiger partial charge is 0.376 e. The van der Waals surface area contributed by atoms with Crippen LogP contribution in [-0.4, -0.2) is 35.1 Å². The minimum atomic E-state index is -0.500. The van der Waals surface area contributed by atoms with Crippen LogP contribution in [0.4, 0.5) is 15.9 Å². The highest BCUT2D eigenvalue weighted by Crippen LogP contribution is 2.22. The van der Waals surface area contributed by atoms with Gasteiger partial charge in [-0.3, -0.25) is 4.79 Å². The predicted octanol–water partition coefficient (Wildman–Crippen LogP) is 3.23. The molecule has 3 rings (SSSR count). The normalized spacial score (nSPS) is 16.7. The van der Waals surface area contributed by atoms with Gasteiger partial charge in [-0.15, -0.1) is 0 Å². The second-order valence-corrected chi connectivity index (χ2v) is 6.19. The van der Waals surface area contributed by atoms with Crippen molar-refractivity contribution < 1.29 is 13.9 Å². The molecule has 0 aliphatic carbocycles. The summed E-state index contributed by atoms with van der Waals surface area (Å²) in [4.78, 5) is 20.7. The number of anilines is 2.